The van der Waals surface area contributed by atoms with Gasteiger partial charge in [-0.05, 0) is 60.8 Å². The molecule has 1 unspecified atom stereocenters. The molecule has 116 valence electrons. The van der Waals surface area contributed by atoms with Crippen LogP contribution in [0.4, 0.5) is 0 Å². The molecule has 0 saturated carbocycles. The van der Waals surface area contributed by atoms with Crippen molar-refractivity contribution in [1.82, 2.24) is 4.90 Å². The highest BCUT2D eigenvalue weighted by atomic mass is 16.5. The SMILES string of the molecule is COc1cc2c(cc1O)C(Cc1cccc(O)c1)N(C)CC2. The molecule has 1 aliphatic rings. The van der Waals surface area contributed by atoms with Crippen LogP contribution in [0.15, 0.2) is 36.4 Å². The lowest BCUT2D eigenvalue weighted by Crippen LogP contribution is -2.33. The number of fused-ring (bicyclic) bond motifs is 1. The first kappa shape index (κ1) is 14.7. The molecule has 0 saturated heterocycles. The van der Waals surface area contributed by atoms with Gasteiger partial charge in [0.1, 0.15) is 5.75 Å². The van der Waals surface area contributed by atoms with Crippen LogP contribution in [0.1, 0.15) is 22.7 Å². The molecular formula is C18H21NO3. The number of ether oxygens (including phenoxy) is 1. The zero-order chi connectivity index (χ0) is 15.7. The van der Waals surface area contributed by atoms with E-state index in [-0.39, 0.29) is 17.5 Å². The fraction of sp³-hybridized carbons (Fsp3) is 0.333. The zero-order valence-electron chi connectivity index (χ0n) is 12.9. The summed E-state index contributed by atoms with van der Waals surface area (Å²) in [7, 11) is 3.66. The van der Waals surface area contributed by atoms with Crippen LogP contribution >= 0.6 is 0 Å². The van der Waals surface area contributed by atoms with Gasteiger partial charge in [-0.2, -0.15) is 0 Å². The summed E-state index contributed by atoms with van der Waals surface area (Å²) in [5.74, 6) is 0.991. The Balaban J connectivity index is 1.97. The summed E-state index contributed by atoms with van der Waals surface area (Å²) in [5, 5.41) is 19.7. The summed E-state index contributed by atoms with van der Waals surface area (Å²) in [4.78, 5) is 2.29. The van der Waals surface area contributed by atoms with Gasteiger partial charge in [-0.1, -0.05) is 12.1 Å². The van der Waals surface area contributed by atoms with Gasteiger partial charge in [0.25, 0.3) is 0 Å². The summed E-state index contributed by atoms with van der Waals surface area (Å²) in [5.41, 5.74) is 3.44. The smallest absolute Gasteiger partial charge is 0.160 e. The quantitative estimate of drug-likeness (QED) is 0.915. The second kappa shape index (κ2) is 5.89. The van der Waals surface area contributed by atoms with Crippen molar-refractivity contribution in [3.8, 4) is 17.2 Å². The molecule has 0 spiro atoms. The van der Waals surface area contributed by atoms with Crippen molar-refractivity contribution in [3.63, 3.8) is 0 Å². The van der Waals surface area contributed by atoms with Crippen molar-refractivity contribution in [1.29, 1.82) is 0 Å². The van der Waals surface area contributed by atoms with Crippen molar-refractivity contribution in [2.45, 2.75) is 18.9 Å². The Hall–Kier alpha value is -2.20. The number of hydrogen-bond donors (Lipinski definition) is 2. The minimum atomic E-state index is 0.178. The fourth-order valence-corrected chi connectivity index (χ4v) is 3.18. The van der Waals surface area contributed by atoms with Crippen molar-refractivity contribution >= 4 is 0 Å². The second-order valence-corrected chi connectivity index (χ2v) is 5.84. The summed E-state index contributed by atoms with van der Waals surface area (Å²) in [6.07, 6.45) is 1.74. The first-order valence-electron chi connectivity index (χ1n) is 7.46. The van der Waals surface area contributed by atoms with Crippen LogP contribution in [0, 0.1) is 0 Å². The third-order valence-electron chi connectivity index (χ3n) is 4.41. The molecule has 0 fully saturated rings. The Morgan fingerprint density at radius 2 is 2.05 bits per heavy atom. The van der Waals surface area contributed by atoms with Gasteiger partial charge in [0.15, 0.2) is 11.5 Å². The molecule has 3 rings (SSSR count). The highest BCUT2D eigenvalue weighted by molar-refractivity contribution is 5.49. The van der Waals surface area contributed by atoms with E-state index in [0.717, 1.165) is 30.5 Å². The van der Waals surface area contributed by atoms with E-state index in [4.69, 9.17) is 4.74 Å². The average molecular weight is 299 g/mol. The molecule has 2 aromatic carbocycles. The Labute approximate surface area is 130 Å². The van der Waals surface area contributed by atoms with Crippen molar-refractivity contribution < 1.29 is 14.9 Å². The third-order valence-corrected chi connectivity index (χ3v) is 4.41. The topological polar surface area (TPSA) is 52.9 Å². The highest BCUT2D eigenvalue weighted by Gasteiger charge is 2.26. The Morgan fingerprint density at radius 3 is 2.77 bits per heavy atom. The number of nitrogens with zero attached hydrogens (tertiary/aromatic N) is 1. The number of likely N-dealkylation sites (N-methyl/N-ethyl adjacent to an activating group) is 1. The average Bonchev–Trinajstić information content (AvgIpc) is 2.50. The Kier molecular flexibility index (Phi) is 3.94. The maximum Gasteiger partial charge on any atom is 0.160 e. The van der Waals surface area contributed by atoms with Gasteiger partial charge in [0.05, 0.1) is 7.11 Å². The number of methoxy groups -OCH3 is 1. The van der Waals surface area contributed by atoms with Gasteiger partial charge in [-0.25, -0.2) is 0 Å². The first-order chi connectivity index (χ1) is 10.6. The van der Waals surface area contributed by atoms with Crippen LogP contribution in [0.25, 0.3) is 0 Å². The van der Waals surface area contributed by atoms with E-state index < -0.39 is 0 Å². The van der Waals surface area contributed by atoms with Gasteiger partial charge < -0.3 is 14.9 Å². The molecule has 1 heterocycles. The molecular weight excluding hydrogens is 278 g/mol. The van der Waals surface area contributed by atoms with E-state index in [1.807, 2.05) is 24.3 Å². The van der Waals surface area contributed by atoms with Gasteiger partial charge in [-0.3, -0.25) is 4.90 Å². The minimum absolute atomic E-state index is 0.178. The molecule has 0 aromatic heterocycles. The number of benzene rings is 2. The number of hydrogen-bond acceptors (Lipinski definition) is 4. The molecule has 2 N–H and O–H groups in total. The van der Waals surface area contributed by atoms with Crippen LogP contribution in [-0.4, -0.2) is 35.8 Å². The first-order valence-corrected chi connectivity index (χ1v) is 7.46. The van der Waals surface area contributed by atoms with E-state index in [9.17, 15) is 10.2 Å². The molecule has 0 radical (unpaired) electrons. The largest absolute Gasteiger partial charge is 0.508 e. The van der Waals surface area contributed by atoms with Crippen LogP contribution < -0.4 is 4.74 Å². The van der Waals surface area contributed by atoms with E-state index in [0.29, 0.717) is 5.75 Å². The highest BCUT2D eigenvalue weighted by Crippen LogP contribution is 2.38. The molecule has 4 heteroatoms. The molecule has 1 atom stereocenters. The summed E-state index contributed by atoms with van der Waals surface area (Å²) in [6, 6.07) is 11.3. The zero-order valence-corrected chi connectivity index (χ0v) is 12.9. The summed E-state index contributed by atoms with van der Waals surface area (Å²) < 4.78 is 5.21. The van der Waals surface area contributed by atoms with Crippen LogP contribution in [-0.2, 0) is 12.8 Å². The minimum Gasteiger partial charge on any atom is -0.508 e. The van der Waals surface area contributed by atoms with Gasteiger partial charge >= 0.3 is 0 Å². The summed E-state index contributed by atoms with van der Waals surface area (Å²) in [6.45, 7) is 0.963. The lowest BCUT2D eigenvalue weighted by Gasteiger charge is -2.35. The lowest BCUT2D eigenvalue weighted by molar-refractivity contribution is 0.228. The number of rotatable bonds is 3. The van der Waals surface area contributed by atoms with Gasteiger partial charge in [0.2, 0.25) is 0 Å². The third kappa shape index (κ3) is 2.74. The number of phenolic OH excluding ortho intramolecular Hbond substituents is 2. The van der Waals surface area contributed by atoms with Crippen molar-refractivity contribution in [2.75, 3.05) is 20.7 Å². The Morgan fingerprint density at radius 1 is 1.23 bits per heavy atom. The van der Waals surface area contributed by atoms with E-state index in [2.05, 4.69) is 11.9 Å². The second-order valence-electron chi connectivity index (χ2n) is 5.84. The summed E-state index contributed by atoms with van der Waals surface area (Å²) >= 11 is 0. The normalized spacial score (nSPS) is 18.0. The van der Waals surface area contributed by atoms with Gasteiger partial charge in [-0.15, -0.1) is 0 Å². The standard InChI is InChI=1S/C18H21NO3/c1-19-7-6-13-10-18(22-2)17(21)11-15(13)16(19)9-12-4-3-5-14(20)8-12/h3-5,8,10-11,16,20-21H,6-7,9H2,1-2H3. The van der Waals surface area contributed by atoms with E-state index >= 15 is 0 Å². The molecule has 4 nitrogen and oxygen atoms in total. The van der Waals surface area contributed by atoms with Crippen molar-refractivity contribution in [2.24, 2.45) is 0 Å². The van der Waals surface area contributed by atoms with Crippen LogP contribution in [0.3, 0.4) is 0 Å². The maximum atomic E-state index is 10.1. The maximum absolute atomic E-state index is 10.1. The van der Waals surface area contributed by atoms with Crippen LogP contribution in [0.5, 0.6) is 17.2 Å². The molecule has 22 heavy (non-hydrogen) atoms. The molecule has 0 bridgehead atoms. The van der Waals surface area contributed by atoms with E-state index in [1.54, 1.807) is 19.2 Å². The monoisotopic (exact) mass is 299 g/mol. The number of aromatic hydroxyl groups is 2. The molecule has 2 aromatic rings. The predicted molar refractivity (Wildman–Crippen MR) is 85.5 cm³/mol. The number of phenols is 2. The molecule has 0 amide bonds. The molecule has 1 aliphatic heterocycles. The van der Waals surface area contributed by atoms with Gasteiger partial charge in [0, 0.05) is 12.6 Å². The predicted octanol–water partition coefficient (Wildman–Crippen LogP) is 2.88. The van der Waals surface area contributed by atoms with Crippen LogP contribution in [0.2, 0.25) is 0 Å². The fourth-order valence-electron chi connectivity index (χ4n) is 3.18. The Bertz CT molecular complexity index is 684. The lowest BCUT2D eigenvalue weighted by atomic mass is 9.88. The van der Waals surface area contributed by atoms with E-state index in [1.165, 1.54) is 5.56 Å². The van der Waals surface area contributed by atoms with Crippen molar-refractivity contribution in [3.05, 3.63) is 53.1 Å². The molecule has 0 aliphatic carbocycles.